The van der Waals surface area contributed by atoms with Gasteiger partial charge in [-0.1, -0.05) is 24.3 Å². The summed E-state index contributed by atoms with van der Waals surface area (Å²) in [6.45, 7) is 9.46. The fourth-order valence-corrected chi connectivity index (χ4v) is 4.30. The fraction of sp³-hybridized carbons (Fsp3) is 0.429. The monoisotopic (exact) mass is 414 g/mol. The van der Waals surface area contributed by atoms with Gasteiger partial charge in [-0.25, -0.2) is 0 Å². The molecule has 0 heterocycles. The molecule has 0 aliphatic rings. The van der Waals surface area contributed by atoms with Crippen LogP contribution in [-0.4, -0.2) is 13.7 Å². The van der Waals surface area contributed by atoms with Gasteiger partial charge in [0.2, 0.25) is 0 Å². The zero-order chi connectivity index (χ0) is 20.2. The van der Waals surface area contributed by atoms with Crippen LogP contribution >= 0.6 is 7.82 Å². The molecule has 7 heteroatoms. The summed E-state index contributed by atoms with van der Waals surface area (Å²) in [7, 11) is -2.64. The third kappa shape index (κ3) is 6.62. The van der Waals surface area contributed by atoms with Crippen LogP contribution in [0.5, 0.6) is 11.5 Å². The molecule has 0 radical (unpaired) electrons. The van der Waals surface area contributed by atoms with E-state index in [1.165, 1.54) is 5.56 Å². The minimum atomic E-state index is -4.33. The summed E-state index contributed by atoms with van der Waals surface area (Å²) in [6.07, 6.45) is 1.75. The molecule has 148 valence electrons. The molecule has 0 aromatic heterocycles. The third-order valence-corrected chi connectivity index (χ3v) is 5.42. The Kier molecular flexibility index (Phi) is 9.75. The van der Waals surface area contributed by atoms with Gasteiger partial charge in [0, 0.05) is 0 Å². The molecule has 2 aromatic rings. The van der Waals surface area contributed by atoms with Crippen LogP contribution < -0.4 is 43.7 Å². The molecule has 0 spiro atoms. The smallest absolute Gasteiger partial charge is 0.746 e. The number of hydrogen-bond acceptors (Lipinski definition) is 5. The van der Waals surface area contributed by atoms with E-state index in [0.717, 1.165) is 46.4 Å². The first kappa shape index (κ1) is 25.2. The second kappa shape index (κ2) is 10.8. The Labute approximate surface area is 190 Å². The summed E-state index contributed by atoms with van der Waals surface area (Å²) in [5.74, 6) is 1.28. The Hall–Kier alpha value is -0.810. The number of phosphoric acid groups is 1. The average Bonchev–Trinajstić information content (AvgIpc) is 2.56. The summed E-state index contributed by atoms with van der Waals surface area (Å²) >= 11 is 0. The van der Waals surface area contributed by atoms with Crippen molar-refractivity contribution in [2.24, 2.45) is 0 Å². The van der Waals surface area contributed by atoms with Gasteiger partial charge in [0.15, 0.2) is 0 Å². The van der Waals surface area contributed by atoms with Crippen molar-refractivity contribution in [3.8, 4) is 11.5 Å². The van der Waals surface area contributed by atoms with Gasteiger partial charge in [0.05, 0.1) is 13.7 Å². The van der Waals surface area contributed by atoms with E-state index in [2.05, 4.69) is 30.5 Å². The molecule has 0 bridgehead atoms. The van der Waals surface area contributed by atoms with Gasteiger partial charge < -0.3 is 18.7 Å². The first-order valence-corrected chi connectivity index (χ1v) is 10.5. The van der Waals surface area contributed by atoms with Gasteiger partial charge in [-0.3, -0.25) is 4.57 Å². The molecule has 0 N–H and O–H groups in total. The molecule has 0 saturated carbocycles. The topological polar surface area (TPSA) is 67.8 Å². The summed E-state index contributed by atoms with van der Waals surface area (Å²) in [5, 5.41) is 0. The summed E-state index contributed by atoms with van der Waals surface area (Å²) in [6, 6.07) is 8.24. The maximum absolute atomic E-state index is 11.8. The Balaban J connectivity index is 0.00000392. The molecule has 28 heavy (non-hydrogen) atoms. The molecular formula is C21H28NaO5P. The van der Waals surface area contributed by atoms with Crippen molar-refractivity contribution in [2.75, 3.05) is 13.7 Å². The molecule has 5 nitrogen and oxygen atoms in total. The van der Waals surface area contributed by atoms with Gasteiger partial charge in [0.25, 0.3) is 0 Å². The molecule has 0 aliphatic heterocycles. The van der Waals surface area contributed by atoms with Crippen molar-refractivity contribution in [3.05, 3.63) is 57.6 Å². The molecule has 0 aliphatic carbocycles. The second-order valence-corrected chi connectivity index (χ2v) is 8.11. The van der Waals surface area contributed by atoms with E-state index in [1.807, 2.05) is 26.0 Å². The van der Waals surface area contributed by atoms with E-state index in [4.69, 9.17) is 9.26 Å². The largest absolute Gasteiger partial charge is 1.00 e. The fourth-order valence-electron chi connectivity index (χ4n) is 3.42. The molecule has 2 aromatic carbocycles. The molecule has 0 saturated heterocycles. The molecule has 0 amide bonds. The maximum atomic E-state index is 11.8. The number of aryl methyl sites for hydroxylation is 6. The van der Waals surface area contributed by atoms with Crippen molar-refractivity contribution in [1.29, 1.82) is 0 Å². The Bertz CT molecular complexity index is 820. The molecule has 1 unspecified atom stereocenters. The number of methoxy groups -OCH3 is 1. The van der Waals surface area contributed by atoms with Gasteiger partial charge in [-0.2, -0.15) is 0 Å². The number of ether oxygens (including phenoxy) is 1. The van der Waals surface area contributed by atoms with E-state index in [-0.39, 0.29) is 36.2 Å². The SMILES string of the molecule is CCOP(=O)([O-])Oc1c(C)cc(CCc2cc(C)c(OC)c(C)c2)cc1C.[Na+]. The average molecular weight is 414 g/mol. The van der Waals surface area contributed by atoms with Crippen molar-refractivity contribution in [3.63, 3.8) is 0 Å². The maximum Gasteiger partial charge on any atom is 1.00 e. The number of phosphoric ester groups is 1. The third-order valence-electron chi connectivity index (χ3n) is 4.44. The van der Waals surface area contributed by atoms with Gasteiger partial charge in [-0.15, -0.1) is 0 Å². The second-order valence-electron chi connectivity index (χ2n) is 6.78. The van der Waals surface area contributed by atoms with Crippen molar-refractivity contribution >= 4 is 7.82 Å². The van der Waals surface area contributed by atoms with Crippen molar-refractivity contribution in [1.82, 2.24) is 0 Å². The normalized spacial score (nSPS) is 12.8. The van der Waals surface area contributed by atoms with Gasteiger partial charge in [-0.05, 0) is 80.8 Å². The van der Waals surface area contributed by atoms with E-state index >= 15 is 0 Å². The van der Waals surface area contributed by atoms with E-state index in [9.17, 15) is 9.46 Å². The van der Waals surface area contributed by atoms with Crippen LogP contribution in [0.1, 0.15) is 40.3 Å². The van der Waals surface area contributed by atoms with Crippen LogP contribution in [-0.2, 0) is 21.9 Å². The first-order chi connectivity index (χ1) is 12.7. The molecule has 2 rings (SSSR count). The minimum Gasteiger partial charge on any atom is -0.746 e. The first-order valence-electron chi connectivity index (χ1n) is 9.06. The zero-order valence-electron chi connectivity index (χ0n) is 17.9. The van der Waals surface area contributed by atoms with Crippen LogP contribution in [0.15, 0.2) is 24.3 Å². The van der Waals surface area contributed by atoms with Crippen LogP contribution in [0.3, 0.4) is 0 Å². The van der Waals surface area contributed by atoms with E-state index in [1.54, 1.807) is 14.0 Å². The Morgan fingerprint density at radius 3 is 1.61 bits per heavy atom. The van der Waals surface area contributed by atoms with E-state index in [0.29, 0.717) is 5.75 Å². The molecule has 0 fully saturated rings. The molecular weight excluding hydrogens is 386 g/mol. The van der Waals surface area contributed by atoms with Crippen molar-refractivity contribution in [2.45, 2.75) is 47.5 Å². The zero-order valence-corrected chi connectivity index (χ0v) is 20.8. The van der Waals surface area contributed by atoms with Crippen LogP contribution in [0, 0.1) is 27.7 Å². The van der Waals surface area contributed by atoms with Crippen LogP contribution in [0.2, 0.25) is 0 Å². The Morgan fingerprint density at radius 2 is 1.25 bits per heavy atom. The van der Waals surface area contributed by atoms with Crippen LogP contribution in [0.4, 0.5) is 0 Å². The standard InChI is InChI=1S/C21H29O5P.Na/c1-7-25-27(22,23)26-21-16(4)12-19(13-17(21)5)9-8-18-10-14(2)20(24-6)15(3)11-18;/h10-13H,7-9H2,1-6H3,(H,22,23);/q;+1/p-1. The quantitative estimate of drug-likeness (QED) is 0.485. The van der Waals surface area contributed by atoms with Gasteiger partial charge in [0.1, 0.15) is 11.5 Å². The summed E-state index contributed by atoms with van der Waals surface area (Å²) < 4.78 is 27.0. The summed E-state index contributed by atoms with van der Waals surface area (Å²) in [4.78, 5) is 11.8. The van der Waals surface area contributed by atoms with Crippen LogP contribution in [0.25, 0.3) is 0 Å². The van der Waals surface area contributed by atoms with Crippen molar-refractivity contribution < 1.29 is 52.8 Å². The number of hydrogen-bond donors (Lipinski definition) is 0. The molecule has 1 atom stereocenters. The predicted molar refractivity (Wildman–Crippen MR) is 106 cm³/mol. The Morgan fingerprint density at radius 1 is 0.857 bits per heavy atom. The number of benzene rings is 2. The van der Waals surface area contributed by atoms with E-state index < -0.39 is 7.82 Å². The number of rotatable bonds is 8. The summed E-state index contributed by atoms with van der Waals surface area (Å²) in [5.41, 5.74) is 6.21. The predicted octanol–water partition coefficient (Wildman–Crippen LogP) is 1.60. The minimum absolute atomic E-state index is 0. The van der Waals surface area contributed by atoms with Gasteiger partial charge >= 0.3 is 37.4 Å².